The van der Waals surface area contributed by atoms with E-state index in [0.29, 0.717) is 28.1 Å². The van der Waals surface area contributed by atoms with Crippen molar-refractivity contribution < 1.29 is 13.2 Å². The quantitative estimate of drug-likeness (QED) is 0.228. The molecule has 1 amide bonds. The Morgan fingerprint density at radius 3 is 2.49 bits per heavy atom. The lowest BCUT2D eigenvalue weighted by atomic mass is 9.90. The Kier molecular flexibility index (Phi) is 8.23. The summed E-state index contributed by atoms with van der Waals surface area (Å²) >= 11 is 0. The lowest BCUT2D eigenvalue weighted by Gasteiger charge is -2.33. The summed E-state index contributed by atoms with van der Waals surface area (Å²) in [5.74, 6) is 0.318. The molecule has 254 valence electrons. The van der Waals surface area contributed by atoms with Crippen molar-refractivity contribution in [2.75, 3.05) is 34.2 Å². The SMILES string of the molecule is CC(C1CCN(C)CC1)n1c(=O)[nH]c2cc(C3=CC(C)(S(=O)(=O)n4cc(-c5ccc(C(=O)N(C)C)cc5)c5cccnc54)CC=C3)ccc21. The molecule has 0 bridgehead atoms. The van der Waals surface area contributed by atoms with Gasteiger partial charge in [0, 0.05) is 49.0 Å². The Morgan fingerprint density at radius 2 is 1.78 bits per heavy atom. The average molecular weight is 679 g/mol. The predicted molar refractivity (Wildman–Crippen MR) is 195 cm³/mol. The first-order chi connectivity index (χ1) is 23.4. The minimum Gasteiger partial charge on any atom is -0.345 e. The van der Waals surface area contributed by atoms with Crippen molar-refractivity contribution in [1.29, 1.82) is 0 Å². The summed E-state index contributed by atoms with van der Waals surface area (Å²) in [4.78, 5) is 37.1. The molecule has 3 aromatic heterocycles. The third-order valence-electron chi connectivity index (χ3n) is 10.4. The fourth-order valence-electron chi connectivity index (χ4n) is 7.37. The number of likely N-dealkylation sites (tertiary alicyclic amines) is 1. The smallest absolute Gasteiger partial charge is 0.326 e. The van der Waals surface area contributed by atoms with Gasteiger partial charge in [0.05, 0.1) is 11.0 Å². The number of nitrogens with one attached hydrogen (secondary N) is 1. The summed E-state index contributed by atoms with van der Waals surface area (Å²) in [6.45, 7) is 5.93. The van der Waals surface area contributed by atoms with Crippen LogP contribution < -0.4 is 5.69 Å². The first kappa shape index (κ1) is 32.8. The van der Waals surface area contributed by atoms with Crippen LogP contribution in [0.4, 0.5) is 0 Å². The maximum absolute atomic E-state index is 14.6. The molecule has 7 rings (SSSR count). The van der Waals surface area contributed by atoms with Gasteiger partial charge in [0.15, 0.2) is 5.65 Å². The topological polar surface area (TPSA) is 113 Å². The molecular formula is C38H42N6O4S. The van der Waals surface area contributed by atoms with E-state index in [0.717, 1.165) is 53.7 Å². The van der Waals surface area contributed by atoms with Gasteiger partial charge in [-0.25, -0.2) is 22.2 Å². The van der Waals surface area contributed by atoms with Crippen LogP contribution >= 0.6 is 0 Å². The van der Waals surface area contributed by atoms with Crippen LogP contribution in [-0.2, 0) is 10.0 Å². The van der Waals surface area contributed by atoms with Crippen LogP contribution in [0.5, 0.6) is 0 Å². The molecule has 4 heterocycles. The molecule has 1 saturated heterocycles. The maximum atomic E-state index is 14.6. The Bertz CT molecular complexity index is 2300. The number of hydrogen-bond acceptors (Lipinski definition) is 6. The molecule has 1 aliphatic heterocycles. The molecule has 0 radical (unpaired) electrons. The molecule has 5 aromatic rings. The normalized spacial score (nSPS) is 19.7. The van der Waals surface area contributed by atoms with E-state index in [1.165, 1.54) is 8.87 Å². The van der Waals surface area contributed by atoms with E-state index in [-0.39, 0.29) is 24.1 Å². The van der Waals surface area contributed by atoms with Crippen molar-refractivity contribution >= 4 is 43.6 Å². The van der Waals surface area contributed by atoms with Gasteiger partial charge >= 0.3 is 5.69 Å². The summed E-state index contributed by atoms with van der Waals surface area (Å²) in [6.07, 6.45) is 11.3. The van der Waals surface area contributed by atoms with Gasteiger partial charge in [0.1, 0.15) is 4.75 Å². The number of H-pyrrole nitrogens is 1. The highest BCUT2D eigenvalue weighted by Crippen LogP contribution is 2.39. The molecule has 2 aromatic carbocycles. The second kappa shape index (κ2) is 12.3. The van der Waals surface area contributed by atoms with Crippen molar-refractivity contribution in [2.45, 2.75) is 43.9 Å². The van der Waals surface area contributed by atoms with E-state index in [1.54, 1.807) is 51.6 Å². The van der Waals surface area contributed by atoms with Gasteiger partial charge in [-0.05, 0) is 112 Å². The zero-order valence-corrected chi connectivity index (χ0v) is 29.4. The first-order valence-electron chi connectivity index (χ1n) is 16.7. The minimum atomic E-state index is -4.02. The molecule has 1 N–H and O–H groups in total. The fraction of sp³-hybridized carbons (Fsp3) is 0.342. The standard InChI is InChI=1S/C38H42N6O4S/c1-25(26-16-20-42(5)21-17-26)44-34-15-14-29(22-33(34)40-37(44)46)30-8-6-18-38(2,23-30)49(47,48)43-24-32(31-9-7-19-39-35(31)43)27-10-12-28(13-11-27)36(45)41(3)4/h6-15,19,22-26H,16-18,20-21H2,1-5H3,(H,40,46). The number of rotatable bonds is 7. The van der Waals surface area contributed by atoms with E-state index >= 15 is 0 Å². The molecule has 0 saturated carbocycles. The van der Waals surface area contributed by atoms with Gasteiger partial charge in [-0.2, -0.15) is 0 Å². The number of piperidine rings is 1. The minimum absolute atomic E-state index is 0.0661. The average Bonchev–Trinajstić information content (AvgIpc) is 3.65. The van der Waals surface area contributed by atoms with Crippen LogP contribution in [-0.4, -0.2) is 81.6 Å². The number of imidazole rings is 1. The molecule has 1 aliphatic carbocycles. The molecule has 2 atom stereocenters. The highest BCUT2D eigenvalue weighted by molar-refractivity contribution is 7.91. The Balaban J connectivity index is 1.23. The summed E-state index contributed by atoms with van der Waals surface area (Å²) in [7, 11) is 1.52. The van der Waals surface area contributed by atoms with E-state index in [1.807, 2.05) is 59.2 Å². The van der Waals surface area contributed by atoms with Crippen molar-refractivity contribution in [3.8, 4) is 11.1 Å². The number of hydrogen-bond donors (Lipinski definition) is 1. The van der Waals surface area contributed by atoms with Crippen LogP contribution in [0.25, 0.3) is 38.8 Å². The number of carbonyl (C=O) groups excluding carboxylic acids is 1. The largest absolute Gasteiger partial charge is 0.345 e. The number of fused-ring (bicyclic) bond motifs is 2. The lowest BCUT2D eigenvalue weighted by Crippen LogP contribution is -2.38. The van der Waals surface area contributed by atoms with E-state index in [4.69, 9.17) is 0 Å². The number of aromatic nitrogens is 4. The summed E-state index contributed by atoms with van der Waals surface area (Å²) in [6, 6.07) is 16.8. The second-order valence-corrected chi connectivity index (χ2v) is 16.2. The molecule has 49 heavy (non-hydrogen) atoms. The van der Waals surface area contributed by atoms with Crippen LogP contribution in [0.15, 0.2) is 90.0 Å². The Hall–Kier alpha value is -4.74. The number of pyridine rings is 1. The highest BCUT2D eigenvalue weighted by atomic mass is 32.2. The third kappa shape index (κ3) is 5.64. The van der Waals surface area contributed by atoms with Crippen molar-refractivity contribution in [1.82, 2.24) is 28.3 Å². The molecule has 1 fully saturated rings. The van der Waals surface area contributed by atoms with Crippen molar-refractivity contribution in [3.05, 3.63) is 107 Å². The Morgan fingerprint density at radius 1 is 1.06 bits per heavy atom. The van der Waals surface area contributed by atoms with Gasteiger partial charge in [0.25, 0.3) is 5.91 Å². The molecule has 0 spiro atoms. The van der Waals surface area contributed by atoms with Crippen molar-refractivity contribution in [2.24, 2.45) is 5.92 Å². The van der Waals surface area contributed by atoms with Crippen LogP contribution in [0.2, 0.25) is 0 Å². The molecule has 2 unspecified atom stereocenters. The lowest BCUT2D eigenvalue weighted by molar-refractivity contribution is 0.0827. The third-order valence-corrected chi connectivity index (χ3v) is 12.7. The number of aromatic amines is 1. The van der Waals surface area contributed by atoms with E-state index in [2.05, 4.69) is 28.8 Å². The van der Waals surface area contributed by atoms with Crippen LogP contribution in [0.3, 0.4) is 0 Å². The van der Waals surface area contributed by atoms with Crippen LogP contribution in [0, 0.1) is 5.92 Å². The zero-order chi connectivity index (χ0) is 34.7. The van der Waals surface area contributed by atoms with Crippen molar-refractivity contribution in [3.63, 3.8) is 0 Å². The van der Waals surface area contributed by atoms with Gasteiger partial charge in [-0.1, -0.05) is 36.4 Å². The number of amides is 1. The predicted octanol–water partition coefficient (Wildman–Crippen LogP) is 5.93. The maximum Gasteiger partial charge on any atom is 0.326 e. The van der Waals surface area contributed by atoms with E-state index < -0.39 is 14.8 Å². The number of nitrogens with zero attached hydrogens (tertiary/aromatic N) is 5. The number of benzene rings is 2. The van der Waals surface area contributed by atoms with Gasteiger partial charge in [-0.3, -0.25) is 9.36 Å². The number of allylic oxidation sites excluding steroid dienone is 3. The van der Waals surface area contributed by atoms with Gasteiger partial charge < -0.3 is 14.8 Å². The summed E-state index contributed by atoms with van der Waals surface area (Å²) in [5.41, 5.74) is 5.44. The monoisotopic (exact) mass is 678 g/mol. The summed E-state index contributed by atoms with van der Waals surface area (Å²) < 4.78 is 31.1. The molecular weight excluding hydrogens is 637 g/mol. The van der Waals surface area contributed by atoms with Gasteiger partial charge in [-0.15, -0.1) is 0 Å². The van der Waals surface area contributed by atoms with E-state index in [9.17, 15) is 18.0 Å². The molecule has 10 nitrogen and oxygen atoms in total. The first-order valence-corrected chi connectivity index (χ1v) is 18.2. The van der Waals surface area contributed by atoms with Crippen LogP contribution in [0.1, 0.15) is 55.1 Å². The molecule has 11 heteroatoms. The fourth-order valence-corrected chi connectivity index (χ4v) is 9.02. The second-order valence-electron chi connectivity index (χ2n) is 13.9. The zero-order valence-electron chi connectivity index (χ0n) is 28.6. The van der Waals surface area contributed by atoms with Gasteiger partial charge in [0.2, 0.25) is 10.0 Å². The Labute approximate surface area is 286 Å². The highest BCUT2D eigenvalue weighted by Gasteiger charge is 2.41. The molecule has 2 aliphatic rings. The summed E-state index contributed by atoms with van der Waals surface area (Å²) in [5, 5.41) is 0.699. The number of carbonyl (C=O) groups is 1.